The number of aliphatic carboxylic acids is 1. The fourth-order valence-corrected chi connectivity index (χ4v) is 1.86. The molecule has 0 saturated carbocycles. The second-order valence-corrected chi connectivity index (χ2v) is 4.74. The Balaban J connectivity index is 2.46. The molecule has 2 aromatic heterocycles. The van der Waals surface area contributed by atoms with Gasteiger partial charge in [0.2, 0.25) is 0 Å². The van der Waals surface area contributed by atoms with E-state index in [1.165, 1.54) is 0 Å². The molecule has 0 aliphatic heterocycles. The van der Waals surface area contributed by atoms with Gasteiger partial charge in [-0.05, 0) is 6.07 Å². The lowest BCUT2D eigenvalue weighted by Crippen LogP contribution is -2.02. The molecule has 0 amide bonds. The molecule has 2 aromatic rings. The van der Waals surface area contributed by atoms with Gasteiger partial charge in [0.05, 0.1) is 17.8 Å². The van der Waals surface area contributed by atoms with Crippen molar-refractivity contribution in [2.75, 3.05) is 0 Å². The predicted octanol–water partition coefficient (Wildman–Crippen LogP) is 2.17. The minimum Gasteiger partial charge on any atom is -0.481 e. The lowest BCUT2D eigenvalue weighted by atomic mass is 10.1. The van der Waals surface area contributed by atoms with Crippen molar-refractivity contribution in [3.63, 3.8) is 0 Å². The second-order valence-electron chi connectivity index (χ2n) is 4.74. The maximum atomic E-state index is 10.9. The van der Waals surface area contributed by atoms with Crippen molar-refractivity contribution in [3.8, 4) is 11.3 Å². The number of rotatable bonds is 4. The largest absolute Gasteiger partial charge is 0.481 e. The number of carbonyl (C=O) groups is 1. The fourth-order valence-electron chi connectivity index (χ4n) is 1.86. The van der Waals surface area contributed by atoms with E-state index in [1.807, 2.05) is 43.9 Å². The van der Waals surface area contributed by atoms with Gasteiger partial charge >= 0.3 is 5.97 Å². The van der Waals surface area contributed by atoms with E-state index >= 15 is 0 Å². The van der Waals surface area contributed by atoms with Crippen molar-refractivity contribution in [2.45, 2.75) is 26.2 Å². The SMILES string of the molecule is CC(C)c1nc(-c2ccn(C)c2)c(CC(=O)O)[nH]1. The molecule has 96 valence electrons. The summed E-state index contributed by atoms with van der Waals surface area (Å²) < 4.78 is 1.92. The summed E-state index contributed by atoms with van der Waals surface area (Å²) in [5.41, 5.74) is 2.34. The van der Waals surface area contributed by atoms with E-state index < -0.39 is 5.97 Å². The van der Waals surface area contributed by atoms with Gasteiger partial charge in [0.1, 0.15) is 5.82 Å². The number of aromatic amines is 1. The Morgan fingerprint density at radius 2 is 2.28 bits per heavy atom. The minimum absolute atomic E-state index is 0.0378. The molecule has 2 N–H and O–H groups in total. The van der Waals surface area contributed by atoms with E-state index in [0.29, 0.717) is 5.69 Å². The topological polar surface area (TPSA) is 70.9 Å². The first-order valence-electron chi connectivity index (χ1n) is 5.90. The standard InChI is InChI=1S/C13H17N3O2/c1-8(2)13-14-10(6-11(17)18)12(15-13)9-4-5-16(3)7-9/h4-5,7-8H,6H2,1-3H3,(H,14,15)(H,17,18). The van der Waals surface area contributed by atoms with Crippen molar-refractivity contribution in [1.29, 1.82) is 0 Å². The highest BCUT2D eigenvalue weighted by molar-refractivity contribution is 5.74. The summed E-state index contributed by atoms with van der Waals surface area (Å²) in [7, 11) is 1.93. The maximum absolute atomic E-state index is 10.9. The second kappa shape index (κ2) is 4.68. The Labute approximate surface area is 105 Å². The molecule has 0 aliphatic rings. The summed E-state index contributed by atoms with van der Waals surface area (Å²) in [4.78, 5) is 18.5. The zero-order chi connectivity index (χ0) is 13.3. The van der Waals surface area contributed by atoms with Crippen LogP contribution in [0.4, 0.5) is 0 Å². The molecule has 0 saturated heterocycles. The van der Waals surface area contributed by atoms with Crippen LogP contribution in [0.2, 0.25) is 0 Å². The Kier molecular flexibility index (Phi) is 3.23. The van der Waals surface area contributed by atoms with Gasteiger partial charge in [0, 0.05) is 30.9 Å². The number of nitrogens with one attached hydrogen (secondary N) is 1. The summed E-state index contributed by atoms with van der Waals surface area (Å²) >= 11 is 0. The molecular weight excluding hydrogens is 230 g/mol. The molecule has 0 radical (unpaired) electrons. The first-order chi connectivity index (χ1) is 8.47. The molecule has 5 nitrogen and oxygen atoms in total. The number of nitrogens with zero attached hydrogens (tertiary/aromatic N) is 2. The van der Waals surface area contributed by atoms with Gasteiger partial charge in [-0.15, -0.1) is 0 Å². The summed E-state index contributed by atoms with van der Waals surface area (Å²) in [6.45, 7) is 4.05. The molecule has 0 unspecified atom stereocenters. The van der Waals surface area contributed by atoms with Crippen molar-refractivity contribution >= 4 is 5.97 Å². The lowest BCUT2D eigenvalue weighted by molar-refractivity contribution is -0.136. The van der Waals surface area contributed by atoms with E-state index in [1.54, 1.807) is 0 Å². The Hall–Kier alpha value is -2.04. The number of hydrogen-bond donors (Lipinski definition) is 2. The Bertz CT molecular complexity index is 567. The molecule has 0 fully saturated rings. The molecule has 0 atom stereocenters. The van der Waals surface area contributed by atoms with Crippen LogP contribution in [-0.4, -0.2) is 25.6 Å². The van der Waals surface area contributed by atoms with Crippen LogP contribution in [0.3, 0.4) is 0 Å². The number of hydrogen-bond acceptors (Lipinski definition) is 2. The van der Waals surface area contributed by atoms with Crippen LogP contribution in [0, 0.1) is 0 Å². The minimum atomic E-state index is -0.855. The van der Waals surface area contributed by atoms with Gasteiger partial charge in [-0.1, -0.05) is 13.8 Å². The first kappa shape index (κ1) is 12.4. The molecule has 18 heavy (non-hydrogen) atoms. The van der Waals surface area contributed by atoms with Gasteiger partial charge in [0.25, 0.3) is 0 Å². The molecule has 5 heteroatoms. The Morgan fingerprint density at radius 1 is 1.56 bits per heavy atom. The van der Waals surface area contributed by atoms with Gasteiger partial charge in [0.15, 0.2) is 0 Å². The summed E-state index contributed by atoms with van der Waals surface area (Å²) in [6, 6.07) is 1.94. The summed E-state index contributed by atoms with van der Waals surface area (Å²) in [5, 5.41) is 8.94. The van der Waals surface area contributed by atoms with Gasteiger partial charge in [-0.25, -0.2) is 4.98 Å². The zero-order valence-corrected chi connectivity index (χ0v) is 10.8. The van der Waals surface area contributed by atoms with Crippen molar-refractivity contribution < 1.29 is 9.90 Å². The number of imidazole rings is 1. The molecule has 0 spiro atoms. The smallest absolute Gasteiger partial charge is 0.309 e. The van der Waals surface area contributed by atoms with Crippen LogP contribution in [0.5, 0.6) is 0 Å². The van der Waals surface area contributed by atoms with E-state index in [2.05, 4.69) is 9.97 Å². The highest BCUT2D eigenvalue weighted by Gasteiger charge is 2.16. The highest BCUT2D eigenvalue weighted by Crippen LogP contribution is 2.24. The third kappa shape index (κ3) is 2.45. The molecule has 0 bridgehead atoms. The van der Waals surface area contributed by atoms with Crippen LogP contribution in [-0.2, 0) is 18.3 Å². The quantitative estimate of drug-likeness (QED) is 0.869. The number of carboxylic acids is 1. The molecule has 2 heterocycles. The summed E-state index contributed by atoms with van der Waals surface area (Å²) in [5.74, 6) is 0.214. The van der Waals surface area contributed by atoms with Crippen LogP contribution in [0.25, 0.3) is 11.3 Å². The normalized spacial score (nSPS) is 11.1. The molecule has 0 aromatic carbocycles. The van der Waals surface area contributed by atoms with Crippen molar-refractivity contribution in [2.24, 2.45) is 7.05 Å². The van der Waals surface area contributed by atoms with Crippen LogP contribution in [0.1, 0.15) is 31.3 Å². The van der Waals surface area contributed by atoms with Crippen molar-refractivity contribution in [3.05, 3.63) is 30.0 Å². The number of aryl methyl sites for hydroxylation is 1. The lowest BCUT2D eigenvalue weighted by Gasteiger charge is -1.97. The number of carboxylic acid groups (broad SMARTS) is 1. The average molecular weight is 247 g/mol. The van der Waals surface area contributed by atoms with Crippen LogP contribution >= 0.6 is 0 Å². The van der Waals surface area contributed by atoms with E-state index in [9.17, 15) is 4.79 Å². The van der Waals surface area contributed by atoms with E-state index in [0.717, 1.165) is 17.1 Å². The first-order valence-corrected chi connectivity index (χ1v) is 5.90. The fraction of sp³-hybridized carbons (Fsp3) is 0.385. The van der Waals surface area contributed by atoms with Gasteiger partial charge < -0.3 is 14.7 Å². The number of H-pyrrole nitrogens is 1. The van der Waals surface area contributed by atoms with Gasteiger partial charge in [-0.2, -0.15) is 0 Å². The average Bonchev–Trinajstić information content (AvgIpc) is 2.83. The molecule has 2 rings (SSSR count). The van der Waals surface area contributed by atoms with Gasteiger partial charge in [-0.3, -0.25) is 4.79 Å². The highest BCUT2D eigenvalue weighted by atomic mass is 16.4. The van der Waals surface area contributed by atoms with E-state index in [4.69, 9.17) is 5.11 Å². The molecular formula is C13H17N3O2. The third-order valence-corrected chi connectivity index (χ3v) is 2.78. The summed E-state index contributed by atoms with van der Waals surface area (Å²) in [6.07, 6.45) is 3.82. The maximum Gasteiger partial charge on any atom is 0.309 e. The van der Waals surface area contributed by atoms with E-state index in [-0.39, 0.29) is 12.3 Å². The van der Waals surface area contributed by atoms with Crippen LogP contribution < -0.4 is 0 Å². The zero-order valence-electron chi connectivity index (χ0n) is 10.8. The van der Waals surface area contributed by atoms with Crippen molar-refractivity contribution in [1.82, 2.24) is 14.5 Å². The monoisotopic (exact) mass is 247 g/mol. The predicted molar refractivity (Wildman–Crippen MR) is 68.4 cm³/mol. The van der Waals surface area contributed by atoms with Crippen LogP contribution in [0.15, 0.2) is 18.5 Å². The molecule has 0 aliphatic carbocycles. The Morgan fingerprint density at radius 3 is 2.78 bits per heavy atom. The third-order valence-electron chi connectivity index (χ3n) is 2.78. The number of aromatic nitrogens is 3.